The van der Waals surface area contributed by atoms with Gasteiger partial charge in [0.1, 0.15) is 0 Å². The molecule has 0 unspecified atom stereocenters. The number of hydrogen-bond acceptors (Lipinski definition) is 3. The Hall–Kier alpha value is -2.08. The lowest BCUT2D eigenvalue weighted by Crippen LogP contribution is -2.51. The summed E-state index contributed by atoms with van der Waals surface area (Å²) in [7, 11) is 0. The Labute approximate surface area is 148 Å². The second-order valence-electron chi connectivity index (χ2n) is 7.42. The number of fused-ring (bicyclic) bond motifs is 1. The van der Waals surface area contributed by atoms with Crippen LogP contribution in [-0.2, 0) is 16.0 Å². The minimum Gasteiger partial charge on any atom is -0.371 e. The van der Waals surface area contributed by atoms with Gasteiger partial charge in [0.25, 0.3) is 0 Å². The number of nitrogens with zero attached hydrogens (tertiary/aromatic N) is 2. The number of hydrogen-bond donors (Lipinski definition) is 1. The number of rotatable bonds is 2. The van der Waals surface area contributed by atoms with Gasteiger partial charge in [-0.3, -0.25) is 4.79 Å². The molecule has 3 amide bonds. The second kappa shape index (κ2) is 6.33. The number of urea groups is 1. The Balaban J connectivity index is 1.43. The lowest BCUT2D eigenvalue weighted by molar-refractivity contribution is -0.116. The Morgan fingerprint density at radius 3 is 2.76 bits per heavy atom. The number of benzene rings is 1. The monoisotopic (exact) mass is 343 g/mol. The zero-order chi connectivity index (χ0) is 17.6. The maximum absolute atomic E-state index is 12.7. The molecule has 1 saturated carbocycles. The van der Waals surface area contributed by atoms with Crippen LogP contribution in [0.1, 0.15) is 32.3 Å². The molecule has 25 heavy (non-hydrogen) atoms. The molecule has 2 fully saturated rings. The first kappa shape index (κ1) is 16.4. The first-order valence-corrected chi connectivity index (χ1v) is 9.13. The van der Waals surface area contributed by atoms with Crippen molar-refractivity contribution in [2.75, 3.05) is 29.9 Å². The molecular weight excluding hydrogens is 318 g/mol. The zero-order valence-corrected chi connectivity index (χ0v) is 14.8. The molecule has 0 bridgehead atoms. The average Bonchev–Trinajstić information content (AvgIpc) is 3.33. The summed E-state index contributed by atoms with van der Waals surface area (Å²) in [5.74, 6) is 0.680. The Bertz CT molecular complexity index is 701. The second-order valence-corrected chi connectivity index (χ2v) is 7.42. The van der Waals surface area contributed by atoms with Crippen LogP contribution in [0.4, 0.5) is 16.2 Å². The van der Waals surface area contributed by atoms with Gasteiger partial charge < -0.3 is 19.9 Å². The fourth-order valence-corrected chi connectivity index (χ4v) is 3.89. The van der Waals surface area contributed by atoms with Crippen molar-refractivity contribution in [2.45, 2.75) is 45.3 Å². The van der Waals surface area contributed by atoms with Crippen LogP contribution in [0.3, 0.4) is 0 Å². The van der Waals surface area contributed by atoms with Gasteiger partial charge in [0.15, 0.2) is 0 Å². The molecular formula is C19H25N3O3. The van der Waals surface area contributed by atoms with E-state index in [1.807, 2.05) is 30.0 Å². The Morgan fingerprint density at radius 2 is 2.04 bits per heavy atom. The molecule has 2 aliphatic heterocycles. The van der Waals surface area contributed by atoms with E-state index in [1.165, 1.54) is 12.8 Å². The summed E-state index contributed by atoms with van der Waals surface area (Å²) < 4.78 is 5.98. The van der Waals surface area contributed by atoms with Crippen molar-refractivity contribution in [3.63, 3.8) is 0 Å². The van der Waals surface area contributed by atoms with Gasteiger partial charge in [0, 0.05) is 37.9 Å². The molecule has 4 rings (SSSR count). The van der Waals surface area contributed by atoms with E-state index in [1.54, 1.807) is 11.8 Å². The van der Waals surface area contributed by atoms with E-state index >= 15 is 0 Å². The number of morpholine rings is 1. The summed E-state index contributed by atoms with van der Waals surface area (Å²) in [6.45, 7) is 5.62. The van der Waals surface area contributed by atoms with Crippen molar-refractivity contribution < 1.29 is 14.3 Å². The number of nitrogens with one attached hydrogen (secondary N) is 1. The highest BCUT2D eigenvalue weighted by Gasteiger charge is 2.38. The number of amides is 3. The predicted octanol–water partition coefficient (Wildman–Crippen LogP) is 2.63. The van der Waals surface area contributed by atoms with Gasteiger partial charge in [0.05, 0.1) is 12.2 Å². The van der Waals surface area contributed by atoms with E-state index < -0.39 is 0 Å². The van der Waals surface area contributed by atoms with Crippen LogP contribution >= 0.6 is 0 Å². The number of ether oxygens (including phenoxy) is 1. The topological polar surface area (TPSA) is 61.9 Å². The van der Waals surface area contributed by atoms with E-state index in [0.29, 0.717) is 25.6 Å². The van der Waals surface area contributed by atoms with Crippen LogP contribution < -0.4 is 10.2 Å². The molecule has 1 aromatic carbocycles. The van der Waals surface area contributed by atoms with E-state index in [2.05, 4.69) is 5.32 Å². The highest BCUT2D eigenvalue weighted by Crippen LogP contribution is 2.37. The maximum Gasteiger partial charge on any atom is 0.322 e. The van der Waals surface area contributed by atoms with Crippen molar-refractivity contribution in [2.24, 2.45) is 5.92 Å². The largest absolute Gasteiger partial charge is 0.371 e. The zero-order valence-electron chi connectivity index (χ0n) is 14.8. The average molecular weight is 343 g/mol. The van der Waals surface area contributed by atoms with Gasteiger partial charge in [-0.2, -0.15) is 0 Å². The SMILES string of the molecule is CC(=O)N1CCc2cc(NC(=O)N3C[C@@H](C)O[C@@H](C4CC4)C3)ccc21. The first-order chi connectivity index (χ1) is 12.0. The third-order valence-corrected chi connectivity index (χ3v) is 5.33. The fraction of sp³-hybridized carbons (Fsp3) is 0.579. The van der Waals surface area contributed by atoms with Crippen molar-refractivity contribution in [3.8, 4) is 0 Å². The third-order valence-electron chi connectivity index (χ3n) is 5.33. The molecule has 0 spiro atoms. The molecule has 1 aromatic rings. The summed E-state index contributed by atoms with van der Waals surface area (Å²) in [4.78, 5) is 28.0. The van der Waals surface area contributed by atoms with Crippen molar-refractivity contribution in [3.05, 3.63) is 23.8 Å². The highest BCUT2D eigenvalue weighted by molar-refractivity contribution is 5.95. The standard InChI is InChI=1S/C19H25N3O3/c1-12-10-21(11-18(25-12)14-3-4-14)19(24)20-16-5-6-17-15(9-16)7-8-22(17)13(2)23/h5-6,9,12,14,18H,3-4,7-8,10-11H2,1-2H3,(H,20,24)/t12-,18-/m1/s1. The lowest BCUT2D eigenvalue weighted by atomic mass is 10.1. The fourth-order valence-electron chi connectivity index (χ4n) is 3.89. The minimum atomic E-state index is -0.0674. The van der Waals surface area contributed by atoms with E-state index in [-0.39, 0.29) is 24.1 Å². The normalized spacial score (nSPS) is 25.7. The summed E-state index contributed by atoms with van der Waals surface area (Å²) in [5.41, 5.74) is 2.86. The summed E-state index contributed by atoms with van der Waals surface area (Å²) in [6, 6.07) is 5.72. The van der Waals surface area contributed by atoms with Gasteiger partial charge in [-0.1, -0.05) is 0 Å². The number of anilines is 2. The molecule has 6 heteroatoms. The Morgan fingerprint density at radius 1 is 1.24 bits per heavy atom. The molecule has 3 aliphatic rings. The summed E-state index contributed by atoms with van der Waals surface area (Å²) >= 11 is 0. The van der Waals surface area contributed by atoms with Gasteiger partial charge >= 0.3 is 6.03 Å². The predicted molar refractivity (Wildman–Crippen MR) is 95.8 cm³/mol. The summed E-state index contributed by atoms with van der Waals surface area (Å²) in [6.07, 6.45) is 3.51. The van der Waals surface area contributed by atoms with Gasteiger partial charge in [-0.05, 0) is 55.9 Å². The van der Waals surface area contributed by atoms with Crippen LogP contribution in [0.5, 0.6) is 0 Å². The molecule has 134 valence electrons. The Kier molecular flexibility index (Phi) is 4.15. The highest BCUT2D eigenvalue weighted by atomic mass is 16.5. The third kappa shape index (κ3) is 3.35. The van der Waals surface area contributed by atoms with Crippen LogP contribution in [0.15, 0.2) is 18.2 Å². The molecule has 2 heterocycles. The van der Waals surface area contributed by atoms with Crippen LogP contribution in [-0.4, -0.2) is 48.7 Å². The van der Waals surface area contributed by atoms with Crippen LogP contribution in [0.2, 0.25) is 0 Å². The molecule has 0 aromatic heterocycles. The van der Waals surface area contributed by atoms with Crippen molar-refractivity contribution in [1.29, 1.82) is 0 Å². The number of carbonyl (C=O) groups is 2. The molecule has 2 atom stereocenters. The molecule has 1 saturated heterocycles. The molecule has 0 radical (unpaired) electrons. The molecule has 1 aliphatic carbocycles. The molecule has 1 N–H and O–H groups in total. The molecule has 6 nitrogen and oxygen atoms in total. The van der Waals surface area contributed by atoms with E-state index in [0.717, 1.165) is 23.4 Å². The lowest BCUT2D eigenvalue weighted by Gasteiger charge is -2.37. The van der Waals surface area contributed by atoms with Gasteiger partial charge in [0.2, 0.25) is 5.91 Å². The van der Waals surface area contributed by atoms with E-state index in [4.69, 9.17) is 4.74 Å². The minimum absolute atomic E-state index is 0.0592. The van der Waals surface area contributed by atoms with Crippen LogP contribution in [0, 0.1) is 5.92 Å². The quantitative estimate of drug-likeness (QED) is 0.898. The van der Waals surface area contributed by atoms with Crippen molar-refractivity contribution in [1.82, 2.24) is 4.90 Å². The number of carbonyl (C=O) groups excluding carboxylic acids is 2. The first-order valence-electron chi connectivity index (χ1n) is 9.13. The van der Waals surface area contributed by atoms with Gasteiger partial charge in [-0.15, -0.1) is 0 Å². The van der Waals surface area contributed by atoms with Crippen LogP contribution in [0.25, 0.3) is 0 Å². The van der Waals surface area contributed by atoms with E-state index in [9.17, 15) is 9.59 Å². The smallest absolute Gasteiger partial charge is 0.322 e. The summed E-state index contributed by atoms with van der Waals surface area (Å²) in [5, 5.41) is 3.01. The van der Waals surface area contributed by atoms with Gasteiger partial charge in [-0.25, -0.2) is 4.79 Å². The maximum atomic E-state index is 12.7. The van der Waals surface area contributed by atoms with Crippen molar-refractivity contribution >= 4 is 23.3 Å².